The van der Waals surface area contributed by atoms with E-state index in [1.54, 1.807) is 6.33 Å². The van der Waals surface area contributed by atoms with Crippen molar-refractivity contribution in [3.05, 3.63) is 72.8 Å². The van der Waals surface area contributed by atoms with Gasteiger partial charge in [0.1, 0.15) is 24.3 Å². The maximum Gasteiger partial charge on any atom is 0.134 e. The van der Waals surface area contributed by atoms with Crippen LogP contribution in [0.15, 0.2) is 67.3 Å². The highest BCUT2D eigenvalue weighted by atomic mass is 16.3. The summed E-state index contributed by atoms with van der Waals surface area (Å²) in [5.41, 5.74) is 4.34. The van der Waals surface area contributed by atoms with Gasteiger partial charge in [-0.25, -0.2) is 15.0 Å². The molecule has 1 atom stereocenters. The summed E-state index contributed by atoms with van der Waals surface area (Å²) < 4.78 is 2.10. The number of rotatable bonds is 6. The second-order valence-electron chi connectivity index (χ2n) is 7.91. The number of anilines is 2. The monoisotopic (exact) mass is 414 g/mol. The number of fused-ring (bicyclic) bond motifs is 1. The number of benzene rings is 2. The second kappa shape index (κ2) is 8.73. The Morgan fingerprint density at radius 1 is 1.00 bits per heavy atom. The summed E-state index contributed by atoms with van der Waals surface area (Å²) in [4.78, 5) is 15.5. The van der Waals surface area contributed by atoms with Crippen molar-refractivity contribution in [3.63, 3.8) is 0 Å². The number of imidazole rings is 1. The van der Waals surface area contributed by atoms with Gasteiger partial charge in [0.15, 0.2) is 0 Å². The van der Waals surface area contributed by atoms with E-state index >= 15 is 0 Å². The van der Waals surface area contributed by atoms with Crippen molar-refractivity contribution in [2.24, 2.45) is 0 Å². The van der Waals surface area contributed by atoms with Crippen LogP contribution in [0.25, 0.3) is 16.7 Å². The van der Waals surface area contributed by atoms with Crippen LogP contribution in [0.3, 0.4) is 0 Å². The molecule has 1 saturated heterocycles. The van der Waals surface area contributed by atoms with Crippen molar-refractivity contribution in [1.29, 1.82) is 0 Å². The molecule has 1 aliphatic heterocycles. The van der Waals surface area contributed by atoms with E-state index in [9.17, 15) is 5.11 Å². The highest BCUT2D eigenvalue weighted by molar-refractivity contribution is 5.77. The van der Waals surface area contributed by atoms with Crippen LogP contribution in [0.2, 0.25) is 0 Å². The third-order valence-electron chi connectivity index (χ3n) is 5.93. The van der Waals surface area contributed by atoms with E-state index in [2.05, 4.69) is 60.1 Å². The summed E-state index contributed by atoms with van der Waals surface area (Å²) in [6.45, 7) is 1.75. The van der Waals surface area contributed by atoms with Gasteiger partial charge in [-0.1, -0.05) is 24.3 Å². The number of piperidine rings is 1. The first kappa shape index (κ1) is 19.5. The van der Waals surface area contributed by atoms with E-state index < -0.39 is 0 Å². The Morgan fingerprint density at radius 3 is 2.74 bits per heavy atom. The zero-order chi connectivity index (χ0) is 21.0. The Bertz CT molecular complexity index is 1160. The zero-order valence-corrected chi connectivity index (χ0v) is 17.4. The molecule has 2 aromatic heterocycles. The number of aromatic nitrogens is 4. The number of hydrogen-bond donors (Lipinski definition) is 2. The summed E-state index contributed by atoms with van der Waals surface area (Å²) in [6, 6.07) is 18.7. The molecular weight excluding hydrogens is 388 g/mol. The predicted molar refractivity (Wildman–Crippen MR) is 122 cm³/mol. The van der Waals surface area contributed by atoms with Crippen LogP contribution in [-0.4, -0.2) is 43.8 Å². The fourth-order valence-electron chi connectivity index (χ4n) is 4.22. The maximum atomic E-state index is 9.69. The molecule has 0 radical (unpaired) electrons. The van der Waals surface area contributed by atoms with Gasteiger partial charge in [-0.05, 0) is 49.1 Å². The van der Waals surface area contributed by atoms with Gasteiger partial charge in [0.05, 0.1) is 23.7 Å². The van der Waals surface area contributed by atoms with Crippen molar-refractivity contribution in [3.8, 4) is 5.69 Å². The molecule has 0 amide bonds. The molecule has 4 aromatic rings. The number of aliphatic hydroxyl groups excluding tert-OH is 1. The van der Waals surface area contributed by atoms with Gasteiger partial charge in [-0.15, -0.1) is 0 Å². The topological polar surface area (TPSA) is 79.1 Å². The molecule has 2 aromatic carbocycles. The van der Waals surface area contributed by atoms with E-state index in [1.165, 1.54) is 5.56 Å². The maximum absolute atomic E-state index is 9.69. The number of nitrogens with zero attached hydrogens (tertiary/aromatic N) is 5. The minimum Gasteiger partial charge on any atom is -0.394 e. The SMILES string of the molecule is OCC1CCCCN1c1cc(NCc2ccc(-n3cnc4ccccc43)cc2)ncn1. The molecule has 0 spiro atoms. The van der Waals surface area contributed by atoms with E-state index in [-0.39, 0.29) is 12.6 Å². The summed E-state index contributed by atoms with van der Waals surface area (Å²) in [5, 5.41) is 13.1. The molecule has 7 nitrogen and oxygen atoms in total. The molecule has 1 aliphatic rings. The van der Waals surface area contributed by atoms with Gasteiger partial charge in [0, 0.05) is 24.8 Å². The van der Waals surface area contributed by atoms with Crippen LogP contribution < -0.4 is 10.2 Å². The average molecular weight is 415 g/mol. The van der Waals surface area contributed by atoms with Gasteiger partial charge in [0.2, 0.25) is 0 Å². The molecular formula is C24H26N6O. The summed E-state index contributed by atoms with van der Waals surface area (Å²) in [7, 11) is 0. The first-order chi connectivity index (χ1) is 15.3. The first-order valence-electron chi connectivity index (χ1n) is 10.8. The van der Waals surface area contributed by atoms with Crippen molar-refractivity contribution < 1.29 is 5.11 Å². The van der Waals surface area contributed by atoms with Gasteiger partial charge in [-0.2, -0.15) is 0 Å². The predicted octanol–water partition coefficient (Wildman–Crippen LogP) is 3.78. The van der Waals surface area contributed by atoms with Crippen molar-refractivity contribution in [2.45, 2.75) is 31.8 Å². The largest absolute Gasteiger partial charge is 0.394 e. The van der Waals surface area contributed by atoms with Crippen molar-refractivity contribution >= 4 is 22.7 Å². The Labute approximate surface area is 181 Å². The van der Waals surface area contributed by atoms with Gasteiger partial charge >= 0.3 is 0 Å². The fourth-order valence-corrected chi connectivity index (χ4v) is 4.22. The third kappa shape index (κ3) is 4.09. The highest BCUT2D eigenvalue weighted by Crippen LogP contribution is 2.24. The van der Waals surface area contributed by atoms with E-state index in [0.29, 0.717) is 6.54 Å². The first-order valence-corrected chi connectivity index (χ1v) is 10.8. The molecule has 2 N–H and O–H groups in total. The van der Waals surface area contributed by atoms with Crippen LogP contribution in [0, 0.1) is 0 Å². The minimum atomic E-state index is 0.142. The van der Waals surface area contributed by atoms with Crippen molar-refractivity contribution in [2.75, 3.05) is 23.4 Å². The molecule has 5 rings (SSSR count). The lowest BCUT2D eigenvalue weighted by Crippen LogP contribution is -2.42. The highest BCUT2D eigenvalue weighted by Gasteiger charge is 2.23. The summed E-state index contributed by atoms with van der Waals surface area (Å²) in [5.74, 6) is 1.66. The molecule has 3 heterocycles. The number of nitrogens with one attached hydrogen (secondary N) is 1. The summed E-state index contributed by atoms with van der Waals surface area (Å²) in [6.07, 6.45) is 6.74. The van der Waals surface area contributed by atoms with Gasteiger partial charge in [-0.3, -0.25) is 4.57 Å². The van der Waals surface area contributed by atoms with Crippen LogP contribution in [0.4, 0.5) is 11.6 Å². The molecule has 31 heavy (non-hydrogen) atoms. The molecule has 0 saturated carbocycles. The van der Waals surface area contributed by atoms with Crippen molar-refractivity contribution in [1.82, 2.24) is 19.5 Å². The fraction of sp³-hybridized carbons (Fsp3) is 0.292. The molecule has 1 fully saturated rings. The Morgan fingerprint density at radius 2 is 1.87 bits per heavy atom. The van der Waals surface area contributed by atoms with E-state index in [0.717, 1.165) is 54.2 Å². The standard InChI is InChI=1S/C24H26N6O/c31-15-20-5-3-4-12-29(20)24-13-23(26-16-27-24)25-14-18-8-10-19(11-9-18)30-17-28-21-6-1-2-7-22(21)30/h1-2,6-11,13,16-17,20,31H,3-5,12,14-15H2,(H,25,26,27). The lowest BCUT2D eigenvalue weighted by Gasteiger charge is -2.35. The lowest BCUT2D eigenvalue weighted by molar-refractivity contribution is 0.239. The van der Waals surface area contributed by atoms with Crippen LogP contribution >= 0.6 is 0 Å². The van der Waals surface area contributed by atoms with E-state index in [4.69, 9.17) is 0 Å². The molecule has 7 heteroatoms. The number of aliphatic hydroxyl groups is 1. The minimum absolute atomic E-state index is 0.142. The normalized spacial score (nSPS) is 16.5. The van der Waals surface area contributed by atoms with E-state index in [1.807, 2.05) is 30.6 Å². The average Bonchev–Trinajstić information content (AvgIpc) is 3.27. The summed E-state index contributed by atoms with van der Waals surface area (Å²) >= 11 is 0. The second-order valence-corrected chi connectivity index (χ2v) is 7.91. The van der Waals surface area contributed by atoms with Gasteiger partial charge in [0.25, 0.3) is 0 Å². The number of para-hydroxylation sites is 2. The third-order valence-corrected chi connectivity index (χ3v) is 5.93. The molecule has 1 unspecified atom stereocenters. The van der Waals surface area contributed by atoms with Gasteiger partial charge < -0.3 is 15.3 Å². The van der Waals surface area contributed by atoms with Crippen LogP contribution in [0.1, 0.15) is 24.8 Å². The Hall–Kier alpha value is -3.45. The smallest absolute Gasteiger partial charge is 0.134 e. The Kier molecular flexibility index (Phi) is 5.50. The molecule has 0 bridgehead atoms. The quantitative estimate of drug-likeness (QED) is 0.500. The molecule has 0 aliphatic carbocycles. The Balaban J connectivity index is 1.27. The number of hydrogen-bond acceptors (Lipinski definition) is 6. The van der Waals surface area contributed by atoms with Crippen LogP contribution in [-0.2, 0) is 6.54 Å². The van der Waals surface area contributed by atoms with Crippen LogP contribution in [0.5, 0.6) is 0 Å². The molecule has 158 valence electrons. The lowest BCUT2D eigenvalue weighted by atomic mass is 10.0. The zero-order valence-electron chi connectivity index (χ0n) is 17.4.